The molecule has 0 heterocycles. The minimum atomic E-state index is -0.121. The smallest absolute Gasteiger partial charge is 0.161 e. The maximum atomic E-state index is 5.03. The molecule has 0 aromatic carbocycles. The topological polar surface area (TPSA) is 9.23 Å². The molecule has 106 valence electrons. The van der Waals surface area contributed by atoms with E-state index in [1.54, 1.807) is 0 Å². The van der Waals surface area contributed by atoms with Crippen molar-refractivity contribution in [1.29, 1.82) is 0 Å². The molecule has 0 unspecified atom stereocenters. The summed E-state index contributed by atoms with van der Waals surface area (Å²) in [7, 11) is 1.69. The van der Waals surface area contributed by atoms with Gasteiger partial charge in [-0.1, -0.05) is 67.2 Å². The van der Waals surface area contributed by atoms with E-state index in [1.165, 1.54) is 31.7 Å². The number of rotatable bonds is 8. The summed E-state index contributed by atoms with van der Waals surface area (Å²) in [4.78, 5) is 0. The van der Waals surface area contributed by atoms with Gasteiger partial charge in [-0.15, -0.1) is 0 Å². The van der Waals surface area contributed by atoms with Gasteiger partial charge < -0.3 is 4.43 Å². The second kappa shape index (κ2) is 14.2. The molecular formula is C15H36OSi. The fraction of sp³-hybridized carbons (Fsp3) is 1.00. The second-order valence-corrected chi connectivity index (χ2v) is 7.94. The molecule has 0 aliphatic heterocycles. The molecule has 0 aromatic heterocycles. The first kappa shape index (κ1) is 19.5. The lowest BCUT2D eigenvalue weighted by Gasteiger charge is -2.05. The lowest BCUT2D eigenvalue weighted by atomic mass is 10.0. The summed E-state index contributed by atoms with van der Waals surface area (Å²) in [6.07, 6.45) is 5.56. The zero-order chi connectivity index (χ0) is 13.7. The van der Waals surface area contributed by atoms with Crippen LogP contribution in [0, 0.1) is 17.8 Å². The highest BCUT2D eigenvalue weighted by Crippen LogP contribution is 2.10. The molecule has 0 radical (unpaired) electrons. The first-order valence-electron chi connectivity index (χ1n) is 7.39. The van der Waals surface area contributed by atoms with Crippen LogP contribution in [0.2, 0.25) is 6.04 Å². The summed E-state index contributed by atoms with van der Waals surface area (Å²) in [5.41, 5.74) is 0. The molecule has 0 N–H and O–H groups in total. The van der Waals surface area contributed by atoms with E-state index in [0.717, 1.165) is 17.8 Å². The van der Waals surface area contributed by atoms with Gasteiger partial charge >= 0.3 is 0 Å². The molecule has 0 aliphatic rings. The second-order valence-electron chi connectivity index (χ2n) is 6.25. The van der Waals surface area contributed by atoms with Crippen LogP contribution in [0.3, 0.4) is 0 Å². The third-order valence-electron chi connectivity index (χ3n) is 2.69. The molecule has 0 aliphatic carbocycles. The van der Waals surface area contributed by atoms with E-state index in [9.17, 15) is 0 Å². The Balaban J connectivity index is 0. The molecule has 0 saturated carbocycles. The van der Waals surface area contributed by atoms with Crippen LogP contribution < -0.4 is 0 Å². The van der Waals surface area contributed by atoms with E-state index in [0.29, 0.717) is 0 Å². The van der Waals surface area contributed by atoms with Gasteiger partial charge in [-0.25, -0.2) is 0 Å². The Kier molecular flexibility index (Phi) is 16.3. The molecule has 0 amide bonds. The lowest BCUT2D eigenvalue weighted by Crippen LogP contribution is -1.95. The van der Waals surface area contributed by atoms with Crippen molar-refractivity contribution in [2.75, 3.05) is 7.11 Å². The molecule has 2 heteroatoms. The number of hydrogen-bond acceptors (Lipinski definition) is 1. The molecule has 17 heavy (non-hydrogen) atoms. The van der Waals surface area contributed by atoms with Crippen LogP contribution in [0.15, 0.2) is 0 Å². The highest BCUT2D eigenvalue weighted by atomic mass is 28.2. The quantitative estimate of drug-likeness (QED) is 0.456. The molecule has 0 saturated heterocycles. The van der Waals surface area contributed by atoms with E-state index in [1.807, 2.05) is 7.11 Å². The summed E-state index contributed by atoms with van der Waals surface area (Å²) in [6.45, 7) is 13.7. The summed E-state index contributed by atoms with van der Waals surface area (Å²) >= 11 is 0. The highest BCUT2D eigenvalue weighted by molar-refractivity contribution is 6.26. The first-order valence-corrected chi connectivity index (χ1v) is 8.96. The Morgan fingerprint density at radius 3 is 1.47 bits per heavy atom. The Morgan fingerprint density at radius 1 is 0.765 bits per heavy atom. The normalized spacial score (nSPS) is 11.6. The minimum absolute atomic E-state index is 0.121. The monoisotopic (exact) mass is 260 g/mol. The van der Waals surface area contributed by atoms with Gasteiger partial charge in [-0.2, -0.15) is 0 Å². The zero-order valence-electron chi connectivity index (χ0n) is 13.4. The average molecular weight is 261 g/mol. The SMILES string of the molecule is CC(C)CCCC(C)C.CO[SiH2]CCC(C)C. The van der Waals surface area contributed by atoms with Crippen LogP contribution in [-0.2, 0) is 4.43 Å². The van der Waals surface area contributed by atoms with E-state index in [4.69, 9.17) is 4.43 Å². The van der Waals surface area contributed by atoms with Crippen molar-refractivity contribution in [3.63, 3.8) is 0 Å². The molecule has 1 nitrogen and oxygen atoms in total. The average Bonchev–Trinajstić information content (AvgIpc) is 2.17. The maximum absolute atomic E-state index is 5.03. The lowest BCUT2D eigenvalue weighted by molar-refractivity contribution is 0.435. The summed E-state index contributed by atoms with van der Waals surface area (Å²) in [5.74, 6) is 2.64. The Morgan fingerprint density at radius 2 is 1.18 bits per heavy atom. The summed E-state index contributed by atoms with van der Waals surface area (Å²) in [6, 6.07) is 1.34. The van der Waals surface area contributed by atoms with Gasteiger partial charge in [-0.3, -0.25) is 0 Å². The Hall–Kier alpha value is 0.177. The van der Waals surface area contributed by atoms with Crippen molar-refractivity contribution >= 4 is 9.76 Å². The van der Waals surface area contributed by atoms with Crippen LogP contribution in [-0.4, -0.2) is 16.9 Å². The van der Waals surface area contributed by atoms with Crippen molar-refractivity contribution in [2.45, 2.75) is 73.3 Å². The van der Waals surface area contributed by atoms with Gasteiger partial charge in [0.05, 0.1) is 0 Å². The van der Waals surface area contributed by atoms with E-state index in [-0.39, 0.29) is 9.76 Å². The van der Waals surface area contributed by atoms with E-state index >= 15 is 0 Å². The third kappa shape index (κ3) is 26.0. The molecule has 0 spiro atoms. The molecular weight excluding hydrogens is 224 g/mol. The van der Waals surface area contributed by atoms with Crippen LogP contribution in [0.1, 0.15) is 67.2 Å². The van der Waals surface area contributed by atoms with Crippen LogP contribution in [0.25, 0.3) is 0 Å². The predicted octanol–water partition coefficient (Wildman–Crippen LogP) is 4.65. The fourth-order valence-corrected chi connectivity index (χ4v) is 2.84. The largest absolute Gasteiger partial charge is 0.427 e. The molecule has 0 rings (SSSR count). The van der Waals surface area contributed by atoms with Gasteiger partial charge in [0.25, 0.3) is 0 Å². The van der Waals surface area contributed by atoms with Gasteiger partial charge in [0.1, 0.15) is 0 Å². The molecule has 0 bridgehead atoms. The van der Waals surface area contributed by atoms with Gasteiger partial charge in [0.15, 0.2) is 9.76 Å². The predicted molar refractivity (Wildman–Crippen MR) is 83.3 cm³/mol. The van der Waals surface area contributed by atoms with Crippen LogP contribution in [0.4, 0.5) is 0 Å². The van der Waals surface area contributed by atoms with Crippen molar-refractivity contribution in [2.24, 2.45) is 17.8 Å². The van der Waals surface area contributed by atoms with Crippen LogP contribution >= 0.6 is 0 Å². The summed E-state index contributed by atoms with van der Waals surface area (Å²) < 4.78 is 5.03. The highest BCUT2D eigenvalue weighted by Gasteiger charge is 1.95. The molecule has 0 atom stereocenters. The van der Waals surface area contributed by atoms with Crippen molar-refractivity contribution in [3.05, 3.63) is 0 Å². The summed E-state index contributed by atoms with van der Waals surface area (Å²) in [5, 5.41) is 0. The van der Waals surface area contributed by atoms with Crippen molar-refractivity contribution in [1.82, 2.24) is 0 Å². The molecule has 0 aromatic rings. The molecule has 0 fully saturated rings. The first-order chi connectivity index (χ1) is 7.90. The van der Waals surface area contributed by atoms with E-state index in [2.05, 4.69) is 41.5 Å². The van der Waals surface area contributed by atoms with Crippen LogP contribution in [0.5, 0.6) is 0 Å². The Bertz CT molecular complexity index is 125. The van der Waals surface area contributed by atoms with E-state index < -0.39 is 0 Å². The zero-order valence-corrected chi connectivity index (χ0v) is 14.8. The van der Waals surface area contributed by atoms with Gasteiger partial charge in [0.2, 0.25) is 0 Å². The third-order valence-corrected chi connectivity index (χ3v) is 3.80. The fourth-order valence-electron chi connectivity index (χ4n) is 1.57. The van der Waals surface area contributed by atoms with Gasteiger partial charge in [0, 0.05) is 7.11 Å². The van der Waals surface area contributed by atoms with Gasteiger partial charge in [-0.05, 0) is 23.8 Å². The van der Waals surface area contributed by atoms with Crippen molar-refractivity contribution < 1.29 is 4.43 Å². The standard InChI is InChI=1S/C9H20.C6H16OSi/c1-8(2)6-5-7-9(3)4;1-6(2)4-5-8-7-3/h8-9H,5-7H2,1-4H3;6H,4-5,8H2,1-3H3. The maximum Gasteiger partial charge on any atom is 0.161 e. The minimum Gasteiger partial charge on any atom is -0.427 e. The van der Waals surface area contributed by atoms with Crippen molar-refractivity contribution in [3.8, 4) is 0 Å². The Labute approximate surface area is 113 Å². The number of hydrogen-bond donors (Lipinski definition) is 0.